The number of thioether (sulfide) groups is 1. The average molecular weight is 309 g/mol. The molecule has 0 amide bonds. The molecule has 0 saturated carbocycles. The Labute approximate surface area is 123 Å². The molecular weight excluding hydrogens is 297 g/mol. The Morgan fingerprint density at radius 2 is 2.30 bits per heavy atom. The highest BCUT2D eigenvalue weighted by atomic mass is 32.2. The number of benzene rings is 1. The number of aryl methyl sites for hydroxylation is 1. The van der Waals surface area contributed by atoms with Crippen LogP contribution in [0.3, 0.4) is 0 Å². The minimum atomic E-state index is -0.803. The molecule has 1 atom stereocenters. The molecule has 2 aromatic rings. The van der Waals surface area contributed by atoms with Crippen LogP contribution in [0.4, 0.5) is 4.39 Å². The van der Waals surface area contributed by atoms with Crippen LogP contribution in [0.15, 0.2) is 29.2 Å². The SMILES string of the molecule is O=C(O)C1CCc2sc(CSc3ccccc3F)nc21. The van der Waals surface area contributed by atoms with Crippen LogP contribution in [-0.2, 0) is 17.0 Å². The van der Waals surface area contributed by atoms with Crippen LogP contribution in [0.5, 0.6) is 0 Å². The average Bonchev–Trinajstić information content (AvgIpc) is 2.96. The topological polar surface area (TPSA) is 50.2 Å². The molecule has 1 aliphatic rings. The fraction of sp³-hybridized carbons (Fsp3) is 0.286. The molecule has 0 fully saturated rings. The van der Waals surface area contributed by atoms with Gasteiger partial charge in [-0.25, -0.2) is 9.37 Å². The first-order chi connectivity index (χ1) is 9.65. The van der Waals surface area contributed by atoms with Gasteiger partial charge < -0.3 is 5.11 Å². The maximum atomic E-state index is 13.5. The van der Waals surface area contributed by atoms with Gasteiger partial charge in [0.25, 0.3) is 0 Å². The van der Waals surface area contributed by atoms with E-state index in [1.54, 1.807) is 29.5 Å². The second kappa shape index (κ2) is 5.54. The zero-order valence-electron chi connectivity index (χ0n) is 10.5. The predicted octanol–water partition coefficient (Wildman–Crippen LogP) is 3.69. The standard InChI is InChI=1S/C14H12FNO2S2/c15-9-3-1-2-4-10(9)19-7-12-16-13-8(14(17)18)5-6-11(13)20-12/h1-4,8H,5-7H2,(H,17,18). The van der Waals surface area contributed by atoms with E-state index >= 15 is 0 Å². The van der Waals surface area contributed by atoms with Crippen molar-refractivity contribution in [1.29, 1.82) is 0 Å². The van der Waals surface area contributed by atoms with Gasteiger partial charge in [0.2, 0.25) is 0 Å². The zero-order chi connectivity index (χ0) is 14.1. The summed E-state index contributed by atoms with van der Waals surface area (Å²) in [5.41, 5.74) is 0.714. The Morgan fingerprint density at radius 3 is 3.05 bits per heavy atom. The first kappa shape index (κ1) is 13.6. The van der Waals surface area contributed by atoms with E-state index in [9.17, 15) is 9.18 Å². The van der Waals surface area contributed by atoms with Crippen LogP contribution in [0, 0.1) is 5.82 Å². The van der Waals surface area contributed by atoms with Crippen LogP contribution in [0.1, 0.15) is 27.9 Å². The normalized spacial score (nSPS) is 17.1. The molecule has 1 N–H and O–H groups in total. The number of rotatable bonds is 4. The Bertz CT molecular complexity index is 656. The van der Waals surface area contributed by atoms with Crippen LogP contribution >= 0.6 is 23.1 Å². The van der Waals surface area contributed by atoms with Gasteiger partial charge in [0.1, 0.15) is 16.7 Å². The number of carboxylic acids is 1. The molecule has 0 bridgehead atoms. The molecule has 1 aliphatic carbocycles. The van der Waals surface area contributed by atoms with Crippen LogP contribution in [0.2, 0.25) is 0 Å². The summed E-state index contributed by atoms with van der Waals surface area (Å²) >= 11 is 2.94. The molecule has 0 radical (unpaired) electrons. The lowest BCUT2D eigenvalue weighted by Crippen LogP contribution is -2.08. The number of carbonyl (C=O) groups is 1. The molecule has 6 heteroatoms. The third-order valence-corrected chi connectivity index (χ3v) is 5.62. The van der Waals surface area contributed by atoms with E-state index < -0.39 is 11.9 Å². The Morgan fingerprint density at radius 1 is 1.50 bits per heavy atom. The van der Waals surface area contributed by atoms with E-state index in [1.807, 2.05) is 0 Å². The van der Waals surface area contributed by atoms with Crippen molar-refractivity contribution in [3.8, 4) is 0 Å². The first-order valence-corrected chi connectivity index (χ1v) is 8.04. The highest BCUT2D eigenvalue weighted by Crippen LogP contribution is 2.38. The van der Waals surface area contributed by atoms with Gasteiger partial charge in [-0.3, -0.25) is 4.79 Å². The van der Waals surface area contributed by atoms with E-state index in [2.05, 4.69) is 4.98 Å². The number of hydrogen-bond donors (Lipinski definition) is 1. The first-order valence-electron chi connectivity index (χ1n) is 6.24. The van der Waals surface area contributed by atoms with Crippen LogP contribution in [0.25, 0.3) is 0 Å². The minimum absolute atomic E-state index is 0.231. The Kier molecular flexibility index (Phi) is 3.76. The van der Waals surface area contributed by atoms with Crippen molar-refractivity contribution in [3.05, 3.63) is 45.7 Å². The fourth-order valence-corrected chi connectivity index (χ4v) is 4.36. The van der Waals surface area contributed by atoms with Gasteiger partial charge in [0.05, 0.1) is 11.4 Å². The summed E-state index contributed by atoms with van der Waals surface area (Å²) in [6.07, 6.45) is 1.43. The van der Waals surface area contributed by atoms with Gasteiger partial charge in [-0.05, 0) is 25.0 Å². The van der Waals surface area contributed by atoms with Gasteiger partial charge in [-0.15, -0.1) is 23.1 Å². The van der Waals surface area contributed by atoms with Crippen LogP contribution < -0.4 is 0 Å². The summed E-state index contributed by atoms with van der Waals surface area (Å²) < 4.78 is 13.5. The molecule has 20 heavy (non-hydrogen) atoms. The van der Waals surface area contributed by atoms with E-state index in [4.69, 9.17) is 5.11 Å². The molecule has 3 nitrogen and oxygen atoms in total. The number of fused-ring (bicyclic) bond motifs is 1. The smallest absolute Gasteiger partial charge is 0.312 e. The number of hydrogen-bond acceptors (Lipinski definition) is 4. The number of halogens is 1. The van der Waals surface area contributed by atoms with Gasteiger partial charge in [0, 0.05) is 9.77 Å². The highest BCUT2D eigenvalue weighted by Gasteiger charge is 2.32. The summed E-state index contributed by atoms with van der Waals surface area (Å²) in [7, 11) is 0. The lowest BCUT2D eigenvalue weighted by atomic mass is 10.1. The fourth-order valence-electron chi connectivity index (χ4n) is 2.28. The molecule has 0 saturated heterocycles. The quantitative estimate of drug-likeness (QED) is 0.875. The molecule has 1 aromatic carbocycles. The van der Waals surface area contributed by atoms with Crippen molar-refractivity contribution in [1.82, 2.24) is 4.98 Å². The molecule has 3 rings (SSSR count). The van der Waals surface area contributed by atoms with E-state index in [0.29, 0.717) is 22.8 Å². The number of thiazole rings is 1. The molecule has 0 aliphatic heterocycles. The van der Waals surface area contributed by atoms with Gasteiger partial charge in [-0.2, -0.15) is 0 Å². The predicted molar refractivity (Wildman–Crippen MR) is 76.8 cm³/mol. The lowest BCUT2D eigenvalue weighted by molar-refractivity contribution is -0.138. The van der Waals surface area contributed by atoms with E-state index in [0.717, 1.165) is 16.3 Å². The van der Waals surface area contributed by atoms with E-state index in [-0.39, 0.29) is 5.82 Å². The van der Waals surface area contributed by atoms with Gasteiger partial charge in [0.15, 0.2) is 0 Å². The van der Waals surface area contributed by atoms with Crippen molar-refractivity contribution in [2.24, 2.45) is 0 Å². The molecule has 1 heterocycles. The van der Waals surface area contributed by atoms with E-state index in [1.165, 1.54) is 17.8 Å². The molecule has 104 valence electrons. The molecule has 1 unspecified atom stereocenters. The molecular formula is C14H12FNO2S2. The summed E-state index contributed by atoms with van der Waals surface area (Å²) in [6.45, 7) is 0. The molecule has 0 spiro atoms. The number of aliphatic carboxylic acids is 1. The van der Waals surface area contributed by atoms with Crippen molar-refractivity contribution < 1.29 is 14.3 Å². The number of carboxylic acid groups (broad SMARTS) is 1. The lowest BCUT2D eigenvalue weighted by Gasteiger charge is -2.02. The zero-order valence-corrected chi connectivity index (χ0v) is 12.1. The van der Waals surface area contributed by atoms with Crippen molar-refractivity contribution in [2.75, 3.05) is 0 Å². The number of nitrogens with zero attached hydrogens (tertiary/aromatic N) is 1. The summed E-state index contributed by atoms with van der Waals surface area (Å²) in [6, 6.07) is 6.63. The Hall–Kier alpha value is -1.40. The highest BCUT2D eigenvalue weighted by molar-refractivity contribution is 7.98. The maximum absolute atomic E-state index is 13.5. The second-order valence-electron chi connectivity index (χ2n) is 4.56. The summed E-state index contributed by atoms with van der Waals surface area (Å²) in [5.74, 6) is -0.925. The Balaban J connectivity index is 1.73. The maximum Gasteiger partial charge on any atom is 0.312 e. The van der Waals surface area contributed by atoms with Crippen molar-refractivity contribution >= 4 is 29.1 Å². The van der Waals surface area contributed by atoms with Crippen molar-refractivity contribution in [3.63, 3.8) is 0 Å². The van der Waals surface area contributed by atoms with Crippen LogP contribution in [-0.4, -0.2) is 16.1 Å². The monoisotopic (exact) mass is 309 g/mol. The second-order valence-corrected chi connectivity index (χ2v) is 6.75. The largest absolute Gasteiger partial charge is 0.481 e. The summed E-state index contributed by atoms with van der Waals surface area (Å²) in [5, 5.41) is 9.99. The number of aromatic nitrogens is 1. The van der Waals surface area contributed by atoms with Gasteiger partial charge in [-0.1, -0.05) is 12.1 Å². The minimum Gasteiger partial charge on any atom is -0.481 e. The van der Waals surface area contributed by atoms with Crippen molar-refractivity contribution in [2.45, 2.75) is 29.4 Å². The third kappa shape index (κ3) is 2.58. The summed E-state index contributed by atoms with van der Waals surface area (Å²) in [4.78, 5) is 17.2. The van der Waals surface area contributed by atoms with Gasteiger partial charge >= 0.3 is 5.97 Å². The third-order valence-electron chi connectivity index (χ3n) is 3.25. The molecule has 1 aromatic heterocycles.